The van der Waals surface area contributed by atoms with Crippen molar-refractivity contribution < 1.29 is 14.7 Å². The normalized spacial score (nSPS) is 18.2. The van der Waals surface area contributed by atoms with Crippen LogP contribution in [0.4, 0.5) is 5.69 Å². The highest BCUT2D eigenvalue weighted by molar-refractivity contribution is 6.33. The molecule has 1 heterocycles. The van der Waals surface area contributed by atoms with Gasteiger partial charge in [0.05, 0.1) is 10.7 Å². The third kappa shape index (κ3) is 3.42. The van der Waals surface area contributed by atoms with Gasteiger partial charge in [-0.05, 0) is 37.0 Å². The van der Waals surface area contributed by atoms with E-state index in [9.17, 15) is 9.59 Å². The lowest BCUT2D eigenvalue weighted by Crippen LogP contribution is -2.28. The Hall–Kier alpha value is -1.75. The highest BCUT2D eigenvalue weighted by Gasteiger charge is 2.27. The Kier molecular flexibility index (Phi) is 4.49. The highest BCUT2D eigenvalue weighted by atomic mass is 35.5. The van der Waals surface area contributed by atoms with Gasteiger partial charge in [0.15, 0.2) is 0 Å². The molecule has 0 bridgehead atoms. The predicted octanol–water partition coefficient (Wildman–Crippen LogP) is 2.25. The maximum atomic E-state index is 12.3. The largest absolute Gasteiger partial charge is 0.481 e. The van der Waals surface area contributed by atoms with E-state index in [4.69, 9.17) is 22.4 Å². The molecule has 1 aliphatic heterocycles. The summed E-state index contributed by atoms with van der Waals surface area (Å²) in [5.74, 6) is -0.605. The summed E-state index contributed by atoms with van der Waals surface area (Å²) in [6.07, 6.45) is 1.62. The Balaban J connectivity index is 1.97. The summed E-state index contributed by atoms with van der Waals surface area (Å²) in [5, 5.41) is 9.11. The zero-order valence-corrected chi connectivity index (χ0v) is 11.8. The summed E-state index contributed by atoms with van der Waals surface area (Å²) in [6.45, 7) is 1.26. The number of anilines is 1. The number of carboxylic acids is 1. The minimum absolute atomic E-state index is 0.0776. The lowest BCUT2D eigenvalue weighted by atomic mass is 10.0. The maximum absolute atomic E-state index is 12.3. The summed E-state index contributed by atoms with van der Waals surface area (Å²) >= 11 is 5.83. The number of aliphatic carboxylic acids is 1. The Morgan fingerprint density at radius 2 is 2.20 bits per heavy atom. The van der Waals surface area contributed by atoms with E-state index in [2.05, 4.69) is 0 Å². The monoisotopic (exact) mass is 296 g/mol. The molecule has 1 atom stereocenters. The zero-order valence-electron chi connectivity index (χ0n) is 11.0. The van der Waals surface area contributed by atoms with Crippen LogP contribution in [0.3, 0.4) is 0 Å². The van der Waals surface area contributed by atoms with Crippen molar-refractivity contribution in [1.29, 1.82) is 0 Å². The Morgan fingerprint density at radius 3 is 2.85 bits per heavy atom. The molecule has 108 valence electrons. The number of carboxylic acid groups (broad SMARTS) is 1. The van der Waals surface area contributed by atoms with Gasteiger partial charge in [0.1, 0.15) is 0 Å². The first-order valence-corrected chi connectivity index (χ1v) is 6.91. The van der Waals surface area contributed by atoms with Gasteiger partial charge in [0, 0.05) is 25.1 Å². The first-order valence-electron chi connectivity index (χ1n) is 6.53. The van der Waals surface area contributed by atoms with Gasteiger partial charge in [0.25, 0.3) is 5.91 Å². The van der Waals surface area contributed by atoms with E-state index < -0.39 is 5.97 Å². The van der Waals surface area contributed by atoms with Crippen LogP contribution in [0.25, 0.3) is 0 Å². The van der Waals surface area contributed by atoms with Gasteiger partial charge in [-0.2, -0.15) is 0 Å². The Bertz CT molecular complexity index is 533. The number of nitrogens with zero attached hydrogens (tertiary/aromatic N) is 1. The van der Waals surface area contributed by atoms with Crippen molar-refractivity contribution >= 4 is 29.2 Å². The quantitative estimate of drug-likeness (QED) is 0.835. The summed E-state index contributed by atoms with van der Waals surface area (Å²) in [7, 11) is 0. The smallest absolute Gasteiger partial charge is 0.303 e. The minimum atomic E-state index is -0.791. The number of halogens is 1. The van der Waals surface area contributed by atoms with E-state index >= 15 is 0 Å². The van der Waals surface area contributed by atoms with Gasteiger partial charge in [-0.1, -0.05) is 11.6 Å². The first kappa shape index (κ1) is 14.7. The van der Waals surface area contributed by atoms with Gasteiger partial charge in [0.2, 0.25) is 0 Å². The average molecular weight is 297 g/mol. The van der Waals surface area contributed by atoms with Gasteiger partial charge >= 0.3 is 5.97 Å². The molecule has 0 aromatic heterocycles. The van der Waals surface area contributed by atoms with Gasteiger partial charge in [-0.25, -0.2) is 0 Å². The molecule has 1 aliphatic rings. The molecule has 0 spiro atoms. The van der Waals surface area contributed by atoms with Crippen LogP contribution in [0.15, 0.2) is 18.2 Å². The van der Waals surface area contributed by atoms with Crippen LogP contribution < -0.4 is 5.73 Å². The van der Waals surface area contributed by atoms with Crippen LogP contribution in [0.1, 0.15) is 29.6 Å². The molecule has 0 radical (unpaired) electrons. The van der Waals surface area contributed by atoms with Crippen molar-refractivity contribution in [3.63, 3.8) is 0 Å². The van der Waals surface area contributed by atoms with Crippen LogP contribution in [0.2, 0.25) is 5.02 Å². The number of amides is 1. The average Bonchev–Trinajstić information content (AvgIpc) is 2.87. The molecule has 20 heavy (non-hydrogen) atoms. The van der Waals surface area contributed by atoms with E-state index in [0.29, 0.717) is 35.8 Å². The van der Waals surface area contributed by atoms with Crippen LogP contribution in [0.5, 0.6) is 0 Å². The molecule has 1 fully saturated rings. The van der Waals surface area contributed by atoms with Crippen molar-refractivity contribution in [3.8, 4) is 0 Å². The lowest BCUT2D eigenvalue weighted by Gasteiger charge is -2.17. The fourth-order valence-electron chi connectivity index (χ4n) is 2.44. The third-order valence-corrected chi connectivity index (χ3v) is 3.93. The summed E-state index contributed by atoms with van der Waals surface area (Å²) in [5.41, 5.74) is 6.60. The number of rotatable bonds is 4. The van der Waals surface area contributed by atoms with Gasteiger partial charge < -0.3 is 15.7 Å². The van der Waals surface area contributed by atoms with E-state index in [-0.39, 0.29) is 18.2 Å². The standard InChI is InChI=1S/C14H17ClN2O3/c15-11-3-2-10(7-12(11)16)14(20)17-6-5-9(8-17)1-4-13(18)19/h2-3,7,9H,1,4-6,8,16H2,(H,18,19). The zero-order chi connectivity index (χ0) is 14.7. The molecule has 3 N–H and O–H groups in total. The molecule has 1 aromatic rings. The van der Waals surface area contributed by atoms with Crippen molar-refractivity contribution in [2.75, 3.05) is 18.8 Å². The first-order chi connectivity index (χ1) is 9.47. The summed E-state index contributed by atoms with van der Waals surface area (Å²) in [6, 6.07) is 4.85. The predicted molar refractivity (Wildman–Crippen MR) is 76.7 cm³/mol. The highest BCUT2D eigenvalue weighted by Crippen LogP contribution is 2.25. The second-order valence-electron chi connectivity index (χ2n) is 5.07. The maximum Gasteiger partial charge on any atom is 0.303 e. The molecular formula is C14H17ClN2O3. The lowest BCUT2D eigenvalue weighted by molar-refractivity contribution is -0.137. The van der Waals surface area contributed by atoms with Crippen LogP contribution in [0, 0.1) is 5.92 Å². The number of nitrogens with two attached hydrogens (primary N) is 1. The van der Waals surface area contributed by atoms with Gasteiger partial charge in [-0.15, -0.1) is 0 Å². The van der Waals surface area contributed by atoms with Crippen LogP contribution in [-0.2, 0) is 4.79 Å². The fourth-order valence-corrected chi connectivity index (χ4v) is 2.56. The molecule has 1 unspecified atom stereocenters. The van der Waals surface area contributed by atoms with Crippen LogP contribution in [-0.4, -0.2) is 35.0 Å². The number of hydrogen-bond donors (Lipinski definition) is 2. The van der Waals surface area contributed by atoms with E-state index in [1.54, 1.807) is 23.1 Å². The fraction of sp³-hybridized carbons (Fsp3) is 0.429. The number of carbonyl (C=O) groups is 2. The molecular weight excluding hydrogens is 280 g/mol. The molecule has 6 heteroatoms. The molecule has 1 saturated heterocycles. The van der Waals surface area contributed by atoms with Crippen molar-refractivity contribution in [2.45, 2.75) is 19.3 Å². The second kappa shape index (κ2) is 6.13. The number of carbonyl (C=O) groups excluding carboxylic acids is 1. The molecule has 0 saturated carbocycles. The van der Waals surface area contributed by atoms with Crippen LogP contribution >= 0.6 is 11.6 Å². The topological polar surface area (TPSA) is 83.6 Å². The summed E-state index contributed by atoms with van der Waals surface area (Å²) < 4.78 is 0. The van der Waals surface area contributed by atoms with Gasteiger partial charge in [-0.3, -0.25) is 9.59 Å². The molecule has 1 aromatic carbocycles. The van der Waals surface area contributed by atoms with E-state index in [1.807, 2.05) is 0 Å². The molecule has 1 amide bonds. The van der Waals surface area contributed by atoms with Crippen molar-refractivity contribution in [2.24, 2.45) is 5.92 Å². The number of benzene rings is 1. The summed E-state index contributed by atoms with van der Waals surface area (Å²) in [4.78, 5) is 24.6. The number of nitrogen functional groups attached to an aromatic ring is 1. The second-order valence-corrected chi connectivity index (χ2v) is 5.48. The molecule has 5 nitrogen and oxygen atoms in total. The molecule has 2 rings (SSSR count). The number of likely N-dealkylation sites (tertiary alicyclic amines) is 1. The number of hydrogen-bond acceptors (Lipinski definition) is 3. The van der Waals surface area contributed by atoms with E-state index in [1.165, 1.54) is 0 Å². The minimum Gasteiger partial charge on any atom is -0.481 e. The Labute approximate surface area is 122 Å². The van der Waals surface area contributed by atoms with E-state index in [0.717, 1.165) is 6.42 Å². The SMILES string of the molecule is Nc1cc(C(=O)N2CCC(CCC(=O)O)C2)ccc1Cl. The van der Waals surface area contributed by atoms with Crippen molar-refractivity contribution in [1.82, 2.24) is 4.90 Å². The Morgan fingerprint density at radius 1 is 1.45 bits per heavy atom. The third-order valence-electron chi connectivity index (χ3n) is 3.58. The van der Waals surface area contributed by atoms with Crippen molar-refractivity contribution in [3.05, 3.63) is 28.8 Å². The molecule has 0 aliphatic carbocycles.